The highest BCUT2D eigenvalue weighted by atomic mass is 16.5. The lowest BCUT2D eigenvalue weighted by Gasteiger charge is -2.08. The lowest BCUT2D eigenvalue weighted by atomic mass is 10.2. The fourth-order valence-corrected chi connectivity index (χ4v) is 1.67. The van der Waals surface area contributed by atoms with E-state index >= 15 is 0 Å². The molecule has 0 aliphatic carbocycles. The molecule has 1 amide bonds. The number of carbonyl (C=O) groups excluding carboxylic acids is 1. The van der Waals surface area contributed by atoms with Gasteiger partial charge in [0, 0.05) is 11.4 Å². The highest BCUT2D eigenvalue weighted by Gasteiger charge is 2.03. The normalized spacial score (nSPS) is 9.85. The Morgan fingerprint density at radius 3 is 2.30 bits per heavy atom. The van der Waals surface area contributed by atoms with Gasteiger partial charge in [0.1, 0.15) is 6.61 Å². The smallest absolute Gasteiger partial charge is 0.411 e. The minimum atomic E-state index is -0.478. The van der Waals surface area contributed by atoms with Crippen molar-refractivity contribution < 1.29 is 9.53 Å². The predicted octanol–water partition coefficient (Wildman–Crippen LogP) is 2.76. The van der Waals surface area contributed by atoms with Crippen LogP contribution in [0.15, 0.2) is 54.6 Å². The second kappa shape index (κ2) is 7.16. The van der Waals surface area contributed by atoms with Crippen LogP contribution in [0.2, 0.25) is 0 Å². The van der Waals surface area contributed by atoms with E-state index in [4.69, 9.17) is 10.5 Å². The Morgan fingerprint density at radius 1 is 1.00 bits per heavy atom. The molecule has 0 saturated carbocycles. The van der Waals surface area contributed by atoms with Gasteiger partial charge in [0.05, 0.1) is 6.67 Å². The van der Waals surface area contributed by atoms with E-state index in [0.29, 0.717) is 12.4 Å². The largest absolute Gasteiger partial charge is 0.444 e. The molecule has 2 rings (SSSR count). The molecule has 4 N–H and O–H groups in total. The van der Waals surface area contributed by atoms with Crippen molar-refractivity contribution >= 4 is 17.5 Å². The summed E-state index contributed by atoms with van der Waals surface area (Å²) in [5.41, 5.74) is 7.89. The summed E-state index contributed by atoms with van der Waals surface area (Å²) in [6, 6.07) is 16.8. The van der Waals surface area contributed by atoms with Gasteiger partial charge in [0.2, 0.25) is 0 Å². The fourth-order valence-electron chi connectivity index (χ4n) is 1.67. The van der Waals surface area contributed by atoms with Gasteiger partial charge in [-0.25, -0.2) is 4.79 Å². The Balaban J connectivity index is 1.82. The first kappa shape index (κ1) is 13.9. The monoisotopic (exact) mass is 271 g/mol. The molecule has 5 heteroatoms. The van der Waals surface area contributed by atoms with Crippen LogP contribution in [0.4, 0.5) is 16.2 Å². The number of nitrogens with two attached hydrogens (primary N) is 1. The van der Waals surface area contributed by atoms with Crippen LogP contribution in [0.5, 0.6) is 0 Å². The van der Waals surface area contributed by atoms with Crippen molar-refractivity contribution in [3.8, 4) is 0 Å². The molecule has 0 aromatic heterocycles. The van der Waals surface area contributed by atoms with E-state index in [1.807, 2.05) is 42.5 Å². The van der Waals surface area contributed by atoms with Crippen LogP contribution in [0.1, 0.15) is 5.56 Å². The predicted molar refractivity (Wildman–Crippen MR) is 79.4 cm³/mol. The van der Waals surface area contributed by atoms with Gasteiger partial charge in [-0.2, -0.15) is 0 Å². The zero-order valence-electron chi connectivity index (χ0n) is 11.0. The topological polar surface area (TPSA) is 76.4 Å². The Kier molecular flexibility index (Phi) is 4.97. The molecule has 2 aromatic carbocycles. The SMILES string of the molecule is NCNc1ccc(NC(=O)OCc2ccccc2)cc1. The average Bonchev–Trinajstić information content (AvgIpc) is 2.49. The zero-order valence-corrected chi connectivity index (χ0v) is 11.0. The van der Waals surface area contributed by atoms with Crippen LogP contribution in [-0.2, 0) is 11.3 Å². The quantitative estimate of drug-likeness (QED) is 0.731. The molecule has 0 atom stereocenters. The minimum Gasteiger partial charge on any atom is -0.444 e. The van der Waals surface area contributed by atoms with Crippen molar-refractivity contribution in [3.63, 3.8) is 0 Å². The van der Waals surface area contributed by atoms with E-state index in [1.165, 1.54) is 0 Å². The Bertz CT molecular complexity index is 541. The molecule has 5 nitrogen and oxygen atoms in total. The third-order valence-electron chi connectivity index (χ3n) is 2.65. The number of hydrogen-bond acceptors (Lipinski definition) is 4. The fraction of sp³-hybridized carbons (Fsp3) is 0.133. The third kappa shape index (κ3) is 4.29. The highest BCUT2D eigenvalue weighted by molar-refractivity contribution is 5.84. The summed E-state index contributed by atoms with van der Waals surface area (Å²) in [7, 11) is 0. The molecule has 104 valence electrons. The van der Waals surface area contributed by atoms with Crippen LogP contribution in [0.25, 0.3) is 0 Å². The molecule has 0 aliphatic heterocycles. The first-order valence-corrected chi connectivity index (χ1v) is 6.29. The lowest BCUT2D eigenvalue weighted by molar-refractivity contribution is 0.155. The maximum Gasteiger partial charge on any atom is 0.411 e. The number of benzene rings is 2. The maximum atomic E-state index is 11.6. The second-order valence-corrected chi connectivity index (χ2v) is 4.14. The standard InChI is InChI=1S/C15H17N3O2/c16-11-17-13-6-8-14(9-7-13)18-15(19)20-10-12-4-2-1-3-5-12/h1-9,17H,10-11,16H2,(H,18,19). The first-order chi connectivity index (χ1) is 9.78. The van der Waals surface area contributed by atoms with E-state index < -0.39 is 6.09 Å². The number of ether oxygens (including phenoxy) is 1. The van der Waals surface area contributed by atoms with Gasteiger partial charge < -0.3 is 15.8 Å². The Labute approximate surface area is 117 Å². The minimum absolute atomic E-state index is 0.249. The average molecular weight is 271 g/mol. The van der Waals surface area contributed by atoms with E-state index in [1.54, 1.807) is 12.1 Å². The molecule has 0 heterocycles. The molecule has 0 aliphatic rings. The van der Waals surface area contributed by atoms with Crippen LogP contribution in [-0.4, -0.2) is 12.8 Å². The van der Waals surface area contributed by atoms with Crippen molar-refractivity contribution in [1.29, 1.82) is 0 Å². The number of hydrogen-bond donors (Lipinski definition) is 3. The number of carbonyl (C=O) groups is 1. The van der Waals surface area contributed by atoms with Crippen molar-refractivity contribution in [2.75, 3.05) is 17.3 Å². The summed E-state index contributed by atoms with van der Waals surface area (Å²) in [6.07, 6.45) is -0.478. The van der Waals surface area contributed by atoms with Gasteiger partial charge in [-0.05, 0) is 29.8 Å². The summed E-state index contributed by atoms with van der Waals surface area (Å²) in [6.45, 7) is 0.616. The van der Waals surface area contributed by atoms with Crippen LogP contribution < -0.4 is 16.4 Å². The van der Waals surface area contributed by atoms with Gasteiger partial charge in [-0.1, -0.05) is 30.3 Å². The van der Waals surface area contributed by atoms with Gasteiger partial charge in [0.25, 0.3) is 0 Å². The Morgan fingerprint density at radius 2 is 1.65 bits per heavy atom. The van der Waals surface area contributed by atoms with E-state index in [9.17, 15) is 4.79 Å². The summed E-state index contributed by atoms with van der Waals surface area (Å²) in [5, 5.41) is 5.63. The summed E-state index contributed by atoms with van der Waals surface area (Å²) >= 11 is 0. The summed E-state index contributed by atoms with van der Waals surface area (Å²) < 4.78 is 5.12. The first-order valence-electron chi connectivity index (χ1n) is 6.29. The zero-order chi connectivity index (χ0) is 14.2. The molecule has 0 spiro atoms. The molecule has 20 heavy (non-hydrogen) atoms. The van der Waals surface area contributed by atoms with E-state index in [-0.39, 0.29) is 6.61 Å². The highest BCUT2D eigenvalue weighted by Crippen LogP contribution is 2.13. The van der Waals surface area contributed by atoms with Crippen LogP contribution >= 0.6 is 0 Å². The van der Waals surface area contributed by atoms with Crippen LogP contribution in [0.3, 0.4) is 0 Å². The van der Waals surface area contributed by atoms with Crippen LogP contribution in [0, 0.1) is 0 Å². The van der Waals surface area contributed by atoms with Gasteiger partial charge in [0.15, 0.2) is 0 Å². The number of anilines is 2. The molecule has 2 aromatic rings. The number of rotatable bonds is 5. The van der Waals surface area contributed by atoms with Gasteiger partial charge in [-0.3, -0.25) is 5.32 Å². The summed E-state index contributed by atoms with van der Waals surface area (Å²) in [4.78, 5) is 11.6. The molecular weight excluding hydrogens is 254 g/mol. The summed E-state index contributed by atoms with van der Waals surface area (Å²) in [5.74, 6) is 0. The van der Waals surface area contributed by atoms with E-state index in [0.717, 1.165) is 11.3 Å². The van der Waals surface area contributed by atoms with Gasteiger partial charge >= 0.3 is 6.09 Å². The second-order valence-electron chi connectivity index (χ2n) is 4.14. The van der Waals surface area contributed by atoms with Crippen molar-refractivity contribution in [2.45, 2.75) is 6.61 Å². The molecule has 0 saturated heterocycles. The van der Waals surface area contributed by atoms with Crippen molar-refractivity contribution in [2.24, 2.45) is 5.73 Å². The van der Waals surface area contributed by atoms with Gasteiger partial charge in [-0.15, -0.1) is 0 Å². The maximum absolute atomic E-state index is 11.6. The molecule has 0 fully saturated rings. The molecular formula is C15H17N3O2. The number of nitrogens with one attached hydrogen (secondary N) is 2. The third-order valence-corrected chi connectivity index (χ3v) is 2.65. The Hall–Kier alpha value is -2.53. The molecule has 0 bridgehead atoms. The molecule has 0 radical (unpaired) electrons. The van der Waals surface area contributed by atoms with Crippen molar-refractivity contribution in [1.82, 2.24) is 0 Å². The number of amides is 1. The van der Waals surface area contributed by atoms with Crippen molar-refractivity contribution in [3.05, 3.63) is 60.2 Å². The van der Waals surface area contributed by atoms with E-state index in [2.05, 4.69) is 10.6 Å². The lowest BCUT2D eigenvalue weighted by Crippen LogP contribution is -2.14. The molecule has 0 unspecified atom stereocenters.